The SMILES string of the molecule is O=S(=O)(Nc1ccc(S(=O)(=O)N2CCOCC2)cc1)c1cccc2nsnc12. The normalized spacial score (nSPS) is 16.3. The highest BCUT2D eigenvalue weighted by molar-refractivity contribution is 7.93. The lowest BCUT2D eigenvalue weighted by Gasteiger charge is -2.26. The van der Waals surface area contributed by atoms with Gasteiger partial charge in [-0.3, -0.25) is 4.72 Å². The molecule has 12 heteroatoms. The Bertz CT molecular complexity index is 1200. The molecule has 1 aliphatic heterocycles. The molecule has 1 fully saturated rings. The molecule has 0 unspecified atom stereocenters. The van der Waals surface area contributed by atoms with E-state index in [0.29, 0.717) is 37.3 Å². The summed E-state index contributed by atoms with van der Waals surface area (Å²) in [5.74, 6) is 0. The lowest BCUT2D eigenvalue weighted by molar-refractivity contribution is 0.0730. The van der Waals surface area contributed by atoms with Crippen molar-refractivity contribution in [2.75, 3.05) is 31.0 Å². The van der Waals surface area contributed by atoms with Crippen LogP contribution in [0.4, 0.5) is 5.69 Å². The molecule has 0 amide bonds. The molecule has 1 saturated heterocycles. The molecule has 9 nitrogen and oxygen atoms in total. The molecule has 28 heavy (non-hydrogen) atoms. The third-order valence-electron chi connectivity index (χ3n) is 4.25. The first-order chi connectivity index (χ1) is 13.4. The zero-order valence-corrected chi connectivity index (χ0v) is 16.9. The number of hydrogen-bond acceptors (Lipinski definition) is 8. The van der Waals surface area contributed by atoms with E-state index >= 15 is 0 Å². The van der Waals surface area contributed by atoms with Gasteiger partial charge in [0.25, 0.3) is 10.0 Å². The van der Waals surface area contributed by atoms with Crippen molar-refractivity contribution in [3.8, 4) is 0 Å². The summed E-state index contributed by atoms with van der Waals surface area (Å²) in [6.45, 7) is 1.30. The van der Waals surface area contributed by atoms with E-state index in [4.69, 9.17) is 4.74 Å². The molecule has 148 valence electrons. The van der Waals surface area contributed by atoms with E-state index in [9.17, 15) is 16.8 Å². The quantitative estimate of drug-likeness (QED) is 0.639. The predicted octanol–water partition coefficient (Wildman–Crippen LogP) is 1.51. The van der Waals surface area contributed by atoms with Crippen LogP contribution < -0.4 is 4.72 Å². The molecule has 3 aromatic rings. The second kappa shape index (κ2) is 7.37. The van der Waals surface area contributed by atoms with Crippen molar-refractivity contribution in [3.05, 3.63) is 42.5 Å². The highest BCUT2D eigenvalue weighted by atomic mass is 32.2. The fraction of sp³-hybridized carbons (Fsp3) is 0.250. The maximum Gasteiger partial charge on any atom is 0.264 e. The topological polar surface area (TPSA) is 119 Å². The molecule has 0 spiro atoms. The van der Waals surface area contributed by atoms with E-state index in [2.05, 4.69) is 13.5 Å². The average molecular weight is 441 g/mol. The van der Waals surface area contributed by atoms with E-state index < -0.39 is 20.0 Å². The number of sulfonamides is 2. The summed E-state index contributed by atoms with van der Waals surface area (Å²) in [6.07, 6.45) is 0. The number of morpholine rings is 1. The number of rotatable bonds is 5. The van der Waals surface area contributed by atoms with Crippen LogP contribution in [0.15, 0.2) is 52.3 Å². The lowest BCUT2D eigenvalue weighted by atomic mass is 10.3. The van der Waals surface area contributed by atoms with E-state index in [-0.39, 0.29) is 15.5 Å². The van der Waals surface area contributed by atoms with Crippen molar-refractivity contribution < 1.29 is 21.6 Å². The van der Waals surface area contributed by atoms with Crippen LogP contribution >= 0.6 is 11.7 Å². The van der Waals surface area contributed by atoms with Gasteiger partial charge in [0.1, 0.15) is 15.9 Å². The predicted molar refractivity (Wildman–Crippen MR) is 104 cm³/mol. The summed E-state index contributed by atoms with van der Waals surface area (Å²) in [6, 6.07) is 10.3. The number of nitrogens with zero attached hydrogens (tertiary/aromatic N) is 3. The van der Waals surface area contributed by atoms with Gasteiger partial charge >= 0.3 is 0 Å². The maximum atomic E-state index is 12.7. The molecule has 2 heterocycles. The molecule has 1 N–H and O–H groups in total. The second-order valence-electron chi connectivity index (χ2n) is 6.03. The van der Waals surface area contributed by atoms with Gasteiger partial charge in [-0.25, -0.2) is 16.8 Å². The molecule has 0 aliphatic carbocycles. The first-order valence-corrected chi connectivity index (χ1v) is 12.0. The Morgan fingerprint density at radius 3 is 2.39 bits per heavy atom. The average Bonchev–Trinajstić information content (AvgIpc) is 3.17. The van der Waals surface area contributed by atoms with Gasteiger partial charge in [0.15, 0.2) is 0 Å². The number of hydrogen-bond donors (Lipinski definition) is 1. The molecule has 1 aromatic heterocycles. The van der Waals surface area contributed by atoms with Crippen LogP contribution in [0.2, 0.25) is 0 Å². The standard InChI is InChI=1S/C16H16N4O5S3/c21-27(22,15-3-1-2-14-16(15)18-26-17-14)19-12-4-6-13(7-5-12)28(23,24)20-8-10-25-11-9-20/h1-7,19H,8-11H2. The summed E-state index contributed by atoms with van der Waals surface area (Å²) >= 11 is 0.935. The number of anilines is 1. The highest BCUT2D eigenvalue weighted by Gasteiger charge is 2.26. The van der Waals surface area contributed by atoms with Gasteiger partial charge in [0, 0.05) is 18.8 Å². The van der Waals surface area contributed by atoms with Crippen LogP contribution in [0.1, 0.15) is 0 Å². The number of fused-ring (bicyclic) bond motifs is 1. The van der Waals surface area contributed by atoms with E-state index in [1.807, 2.05) is 0 Å². The smallest absolute Gasteiger partial charge is 0.264 e. The molecule has 4 rings (SSSR count). The van der Waals surface area contributed by atoms with Crippen LogP contribution in [0, 0.1) is 0 Å². The van der Waals surface area contributed by atoms with E-state index in [1.165, 1.54) is 34.6 Å². The summed E-state index contributed by atoms with van der Waals surface area (Å²) in [4.78, 5) is 0.118. The summed E-state index contributed by atoms with van der Waals surface area (Å²) < 4.78 is 67.8. The van der Waals surface area contributed by atoms with Crippen LogP contribution in [0.3, 0.4) is 0 Å². The summed E-state index contributed by atoms with van der Waals surface area (Å²) in [5.41, 5.74) is 1.05. The highest BCUT2D eigenvalue weighted by Crippen LogP contribution is 2.25. The lowest BCUT2D eigenvalue weighted by Crippen LogP contribution is -2.40. The van der Waals surface area contributed by atoms with Crippen LogP contribution in [-0.2, 0) is 24.8 Å². The zero-order chi connectivity index (χ0) is 19.8. The largest absolute Gasteiger partial charge is 0.379 e. The van der Waals surface area contributed by atoms with Gasteiger partial charge in [-0.1, -0.05) is 6.07 Å². The Morgan fingerprint density at radius 1 is 0.964 bits per heavy atom. The van der Waals surface area contributed by atoms with Crippen LogP contribution in [-0.4, -0.2) is 56.2 Å². The van der Waals surface area contributed by atoms with Gasteiger partial charge in [0.05, 0.1) is 29.8 Å². The molecule has 0 bridgehead atoms. The molecule has 1 aliphatic rings. The van der Waals surface area contributed by atoms with Gasteiger partial charge < -0.3 is 4.74 Å². The fourth-order valence-corrected chi connectivity index (χ4v) is 6.07. The van der Waals surface area contributed by atoms with Gasteiger partial charge in [-0.2, -0.15) is 13.1 Å². The minimum absolute atomic E-state index is 0.0174. The Balaban J connectivity index is 1.58. The number of nitrogens with one attached hydrogen (secondary N) is 1. The Labute approximate surface area is 166 Å². The molecular formula is C16H16N4O5S3. The molecule has 0 radical (unpaired) electrons. The Kier molecular flexibility index (Phi) is 5.05. The number of benzene rings is 2. The molecule has 2 aromatic carbocycles. The first kappa shape index (κ1) is 19.2. The third kappa shape index (κ3) is 3.61. The number of ether oxygens (including phenoxy) is 1. The fourth-order valence-electron chi connectivity index (χ4n) is 2.84. The van der Waals surface area contributed by atoms with Crippen molar-refractivity contribution in [2.24, 2.45) is 0 Å². The van der Waals surface area contributed by atoms with Crippen molar-refractivity contribution in [3.63, 3.8) is 0 Å². The van der Waals surface area contributed by atoms with Crippen molar-refractivity contribution in [2.45, 2.75) is 9.79 Å². The second-order valence-corrected chi connectivity index (χ2v) is 10.2. The van der Waals surface area contributed by atoms with Gasteiger partial charge in [0.2, 0.25) is 10.0 Å². The minimum Gasteiger partial charge on any atom is -0.379 e. The zero-order valence-electron chi connectivity index (χ0n) is 14.5. The van der Waals surface area contributed by atoms with Gasteiger partial charge in [-0.05, 0) is 36.4 Å². The van der Waals surface area contributed by atoms with Gasteiger partial charge in [-0.15, -0.1) is 0 Å². The maximum absolute atomic E-state index is 12.7. The van der Waals surface area contributed by atoms with E-state index in [0.717, 1.165) is 11.7 Å². The summed E-state index contributed by atoms with van der Waals surface area (Å²) in [7, 11) is -7.54. The van der Waals surface area contributed by atoms with E-state index in [1.54, 1.807) is 12.1 Å². The van der Waals surface area contributed by atoms with Crippen molar-refractivity contribution in [1.29, 1.82) is 0 Å². The van der Waals surface area contributed by atoms with Crippen molar-refractivity contribution in [1.82, 2.24) is 13.1 Å². The minimum atomic E-state index is -3.90. The molecule has 0 atom stereocenters. The monoisotopic (exact) mass is 440 g/mol. The third-order valence-corrected chi connectivity index (χ3v) is 8.12. The van der Waals surface area contributed by atoms with Crippen molar-refractivity contribution >= 4 is 48.5 Å². The molecule has 0 saturated carbocycles. The summed E-state index contributed by atoms with van der Waals surface area (Å²) in [5, 5.41) is 0. The van der Waals surface area contributed by atoms with Crippen LogP contribution in [0.5, 0.6) is 0 Å². The molecular weight excluding hydrogens is 424 g/mol. The van der Waals surface area contributed by atoms with Crippen LogP contribution in [0.25, 0.3) is 11.0 Å². The first-order valence-electron chi connectivity index (χ1n) is 8.30. The Hall–Kier alpha value is -2.12. The number of aromatic nitrogens is 2. The Morgan fingerprint density at radius 2 is 1.68 bits per heavy atom.